The van der Waals surface area contributed by atoms with Crippen LogP contribution in [-0.4, -0.2) is 36.2 Å². The van der Waals surface area contributed by atoms with Crippen molar-refractivity contribution >= 4 is 11.9 Å². The lowest BCUT2D eigenvalue weighted by atomic mass is 9.73. The predicted molar refractivity (Wildman–Crippen MR) is 73.3 cm³/mol. The molecule has 22 heavy (non-hydrogen) atoms. The first-order chi connectivity index (χ1) is 10.4. The van der Waals surface area contributed by atoms with Gasteiger partial charge in [0, 0.05) is 24.8 Å². The van der Waals surface area contributed by atoms with Crippen LogP contribution in [0.5, 0.6) is 0 Å². The van der Waals surface area contributed by atoms with Crippen LogP contribution in [-0.2, 0) is 19.7 Å². The fourth-order valence-electron chi connectivity index (χ4n) is 2.61. The lowest BCUT2D eigenvalue weighted by Crippen LogP contribution is -2.52. The first-order valence-corrected chi connectivity index (χ1v) is 6.94. The summed E-state index contributed by atoms with van der Waals surface area (Å²) in [6.45, 7) is 1.81. The molecule has 1 aliphatic rings. The number of benzene rings is 1. The highest BCUT2D eigenvalue weighted by Crippen LogP contribution is 2.37. The Morgan fingerprint density at radius 1 is 1.32 bits per heavy atom. The summed E-state index contributed by atoms with van der Waals surface area (Å²) in [5.41, 5.74) is -1.19. The standard InChI is InChI=1S/C15H17F2NO4/c1-9(13(19)20)18-14(21)15(4-6-22-7-5-15)11-3-2-10(16)8-12(11)17/h2-3,8-9H,4-7H2,1H3,(H,18,21)(H,19,20). The number of rotatable bonds is 4. The van der Waals surface area contributed by atoms with E-state index in [0.717, 1.165) is 12.1 Å². The molecule has 1 heterocycles. The van der Waals surface area contributed by atoms with E-state index in [1.807, 2.05) is 0 Å². The number of hydrogen-bond donors (Lipinski definition) is 2. The number of nitrogens with one attached hydrogen (secondary N) is 1. The van der Waals surface area contributed by atoms with Gasteiger partial charge in [0.2, 0.25) is 5.91 Å². The minimum atomic E-state index is -1.25. The maximum Gasteiger partial charge on any atom is 0.325 e. The summed E-state index contributed by atoms with van der Waals surface area (Å²) in [6, 6.07) is 1.95. The quantitative estimate of drug-likeness (QED) is 0.885. The van der Waals surface area contributed by atoms with E-state index < -0.39 is 35.0 Å². The number of ether oxygens (including phenoxy) is 1. The molecule has 1 amide bonds. The first-order valence-electron chi connectivity index (χ1n) is 6.94. The molecule has 0 bridgehead atoms. The summed E-state index contributed by atoms with van der Waals surface area (Å²) in [5, 5.41) is 11.3. The molecule has 1 fully saturated rings. The second-order valence-corrected chi connectivity index (χ2v) is 5.35. The Bertz CT molecular complexity index is 585. The van der Waals surface area contributed by atoms with Crippen molar-refractivity contribution in [2.75, 3.05) is 13.2 Å². The van der Waals surface area contributed by atoms with E-state index >= 15 is 0 Å². The van der Waals surface area contributed by atoms with Gasteiger partial charge in [0.05, 0.1) is 5.41 Å². The number of hydrogen-bond acceptors (Lipinski definition) is 3. The number of carboxylic acid groups (broad SMARTS) is 1. The van der Waals surface area contributed by atoms with E-state index in [4.69, 9.17) is 9.84 Å². The third-order valence-electron chi connectivity index (χ3n) is 3.95. The van der Waals surface area contributed by atoms with Crippen molar-refractivity contribution < 1.29 is 28.2 Å². The summed E-state index contributed by atoms with van der Waals surface area (Å²) in [5.74, 6) is -3.32. The number of halogens is 2. The minimum Gasteiger partial charge on any atom is -0.480 e. The summed E-state index contributed by atoms with van der Waals surface area (Å²) in [7, 11) is 0. The van der Waals surface area contributed by atoms with E-state index in [1.54, 1.807) is 0 Å². The van der Waals surface area contributed by atoms with E-state index in [2.05, 4.69) is 5.32 Å². The number of aliphatic carboxylic acids is 1. The average molecular weight is 313 g/mol. The Balaban J connectivity index is 2.39. The van der Waals surface area contributed by atoms with Gasteiger partial charge in [-0.1, -0.05) is 6.07 Å². The largest absolute Gasteiger partial charge is 0.480 e. The SMILES string of the molecule is CC(NC(=O)C1(c2ccc(F)cc2F)CCOCC1)C(=O)O. The third kappa shape index (κ3) is 3.09. The molecule has 1 aromatic rings. The zero-order valence-corrected chi connectivity index (χ0v) is 12.1. The van der Waals surface area contributed by atoms with Gasteiger partial charge in [-0.25, -0.2) is 8.78 Å². The van der Waals surface area contributed by atoms with Gasteiger partial charge in [0.25, 0.3) is 0 Å². The molecule has 1 saturated heterocycles. The zero-order chi connectivity index (χ0) is 16.3. The first kappa shape index (κ1) is 16.4. The molecule has 1 unspecified atom stereocenters. The van der Waals surface area contributed by atoms with Crippen molar-refractivity contribution in [1.29, 1.82) is 0 Å². The molecule has 5 nitrogen and oxygen atoms in total. The van der Waals surface area contributed by atoms with Crippen LogP contribution in [0.4, 0.5) is 8.78 Å². The van der Waals surface area contributed by atoms with E-state index in [9.17, 15) is 18.4 Å². The molecule has 0 spiro atoms. The van der Waals surface area contributed by atoms with Crippen molar-refractivity contribution in [2.45, 2.75) is 31.2 Å². The number of carbonyl (C=O) groups excluding carboxylic acids is 1. The van der Waals surface area contributed by atoms with Crippen molar-refractivity contribution in [3.05, 3.63) is 35.4 Å². The molecule has 0 saturated carbocycles. The molecule has 0 aromatic heterocycles. The van der Waals surface area contributed by atoms with Gasteiger partial charge in [-0.2, -0.15) is 0 Å². The molecule has 7 heteroatoms. The normalized spacial score (nSPS) is 18.5. The van der Waals surface area contributed by atoms with Gasteiger partial charge in [0.15, 0.2) is 0 Å². The van der Waals surface area contributed by atoms with Gasteiger partial charge in [0.1, 0.15) is 17.7 Å². The lowest BCUT2D eigenvalue weighted by Gasteiger charge is -2.36. The molecular formula is C15H17F2NO4. The van der Waals surface area contributed by atoms with Gasteiger partial charge >= 0.3 is 5.97 Å². The molecule has 1 aromatic carbocycles. The summed E-state index contributed by atoms with van der Waals surface area (Å²) in [4.78, 5) is 23.5. The Morgan fingerprint density at radius 2 is 1.95 bits per heavy atom. The van der Waals surface area contributed by atoms with Crippen LogP contribution in [0.1, 0.15) is 25.3 Å². The predicted octanol–water partition coefficient (Wildman–Crippen LogP) is 1.60. The van der Waals surface area contributed by atoms with Crippen LogP contribution < -0.4 is 5.32 Å². The second-order valence-electron chi connectivity index (χ2n) is 5.35. The fraction of sp³-hybridized carbons (Fsp3) is 0.467. The third-order valence-corrected chi connectivity index (χ3v) is 3.95. The number of carboxylic acids is 1. The Hall–Kier alpha value is -2.02. The smallest absolute Gasteiger partial charge is 0.325 e. The summed E-state index contributed by atoms with van der Waals surface area (Å²) in [6.07, 6.45) is 0.404. The zero-order valence-electron chi connectivity index (χ0n) is 12.1. The molecule has 0 radical (unpaired) electrons. The van der Waals surface area contributed by atoms with Crippen molar-refractivity contribution in [3.63, 3.8) is 0 Å². The fourth-order valence-corrected chi connectivity index (χ4v) is 2.61. The van der Waals surface area contributed by atoms with Crippen LogP contribution in [0.2, 0.25) is 0 Å². The topological polar surface area (TPSA) is 75.6 Å². The van der Waals surface area contributed by atoms with Crippen molar-refractivity contribution in [2.24, 2.45) is 0 Å². The Labute approximate surface area is 126 Å². The summed E-state index contributed by atoms with van der Waals surface area (Å²) < 4.78 is 32.5. The lowest BCUT2D eigenvalue weighted by molar-refractivity contribution is -0.143. The van der Waals surface area contributed by atoms with E-state index in [-0.39, 0.29) is 31.6 Å². The maximum absolute atomic E-state index is 14.2. The highest BCUT2D eigenvalue weighted by atomic mass is 19.1. The Morgan fingerprint density at radius 3 is 2.50 bits per heavy atom. The van der Waals surface area contributed by atoms with E-state index in [1.165, 1.54) is 13.0 Å². The highest BCUT2D eigenvalue weighted by molar-refractivity contribution is 5.91. The molecule has 1 atom stereocenters. The maximum atomic E-state index is 14.2. The molecule has 0 aliphatic carbocycles. The average Bonchev–Trinajstić information content (AvgIpc) is 2.47. The molecular weight excluding hydrogens is 296 g/mol. The monoisotopic (exact) mass is 313 g/mol. The van der Waals surface area contributed by atoms with Crippen molar-refractivity contribution in [1.82, 2.24) is 5.32 Å². The van der Waals surface area contributed by atoms with Crippen LogP contribution in [0.25, 0.3) is 0 Å². The van der Waals surface area contributed by atoms with E-state index in [0.29, 0.717) is 0 Å². The van der Waals surface area contributed by atoms with Gasteiger partial charge < -0.3 is 15.2 Å². The summed E-state index contributed by atoms with van der Waals surface area (Å²) >= 11 is 0. The molecule has 2 rings (SSSR count). The van der Waals surface area contributed by atoms with Gasteiger partial charge in [-0.15, -0.1) is 0 Å². The minimum absolute atomic E-state index is 0.0623. The van der Waals surface area contributed by atoms with Gasteiger partial charge in [-0.3, -0.25) is 9.59 Å². The van der Waals surface area contributed by atoms with Crippen LogP contribution in [0, 0.1) is 11.6 Å². The van der Waals surface area contributed by atoms with Crippen LogP contribution >= 0.6 is 0 Å². The molecule has 120 valence electrons. The number of amides is 1. The highest BCUT2D eigenvalue weighted by Gasteiger charge is 2.44. The second kappa shape index (κ2) is 6.39. The van der Waals surface area contributed by atoms with Gasteiger partial charge in [-0.05, 0) is 25.8 Å². The van der Waals surface area contributed by atoms with Crippen LogP contribution in [0.3, 0.4) is 0 Å². The number of carbonyl (C=O) groups is 2. The molecule has 1 aliphatic heterocycles. The van der Waals surface area contributed by atoms with Crippen LogP contribution in [0.15, 0.2) is 18.2 Å². The van der Waals surface area contributed by atoms with Crippen molar-refractivity contribution in [3.8, 4) is 0 Å². The Kier molecular flexibility index (Phi) is 4.75. The molecule has 2 N–H and O–H groups in total.